The third kappa shape index (κ3) is 5.91. The van der Waals surface area contributed by atoms with Crippen LogP contribution in [0.15, 0.2) is 23.1 Å². The molecular weight excluding hydrogens is 381 g/mol. The summed E-state index contributed by atoms with van der Waals surface area (Å²) in [6, 6.07) is 3.18. The van der Waals surface area contributed by atoms with Gasteiger partial charge in [0.15, 0.2) is 0 Å². The lowest BCUT2D eigenvalue weighted by Gasteiger charge is -2.31. The molecule has 1 aliphatic heterocycles. The van der Waals surface area contributed by atoms with Crippen LogP contribution in [0, 0.1) is 6.92 Å². The predicted octanol–water partition coefficient (Wildman–Crippen LogP) is 3.14. The number of hydrogen-bond acceptors (Lipinski definition) is 4. The molecule has 0 N–H and O–H groups in total. The van der Waals surface area contributed by atoms with Gasteiger partial charge >= 0.3 is 6.18 Å². The molecule has 0 radical (unpaired) electrons. The average molecular weight is 408 g/mol. The van der Waals surface area contributed by atoms with Gasteiger partial charge in [-0.15, -0.1) is 0 Å². The van der Waals surface area contributed by atoms with Crippen molar-refractivity contribution in [1.82, 2.24) is 9.21 Å². The molecule has 0 unspecified atom stereocenters. The van der Waals surface area contributed by atoms with Gasteiger partial charge in [-0.25, -0.2) is 8.42 Å². The van der Waals surface area contributed by atoms with Gasteiger partial charge in [0.05, 0.1) is 16.6 Å². The second-order valence-electron chi connectivity index (χ2n) is 7.11. The largest absolute Gasteiger partial charge is 0.416 e. The van der Waals surface area contributed by atoms with Gasteiger partial charge in [-0.3, -0.25) is 0 Å². The predicted molar refractivity (Wildman–Crippen MR) is 97.1 cm³/mol. The zero-order valence-electron chi connectivity index (χ0n) is 15.9. The lowest BCUT2D eigenvalue weighted by molar-refractivity contribution is -0.138. The van der Waals surface area contributed by atoms with E-state index in [0.717, 1.165) is 19.0 Å². The smallest absolute Gasteiger partial charge is 0.378 e. The fourth-order valence-corrected chi connectivity index (χ4v) is 4.58. The summed E-state index contributed by atoms with van der Waals surface area (Å²) >= 11 is 0. The highest BCUT2D eigenvalue weighted by molar-refractivity contribution is 7.89. The average Bonchev–Trinajstić information content (AvgIpc) is 2.58. The second kappa shape index (κ2) is 8.89. The summed E-state index contributed by atoms with van der Waals surface area (Å²) in [7, 11) is 0.0192. The number of nitrogens with zero attached hydrogens (tertiary/aromatic N) is 2. The van der Waals surface area contributed by atoms with Crippen LogP contribution in [-0.4, -0.2) is 64.1 Å². The molecule has 1 heterocycles. The van der Waals surface area contributed by atoms with Crippen molar-refractivity contribution in [3.05, 3.63) is 29.3 Å². The van der Waals surface area contributed by atoms with Gasteiger partial charge < -0.3 is 9.64 Å². The number of aryl methyl sites for hydroxylation is 1. The van der Waals surface area contributed by atoms with Gasteiger partial charge in [0, 0.05) is 19.7 Å². The summed E-state index contributed by atoms with van der Waals surface area (Å²) in [5.74, 6) is 0. The maximum Gasteiger partial charge on any atom is 0.416 e. The van der Waals surface area contributed by atoms with Gasteiger partial charge in [-0.05, 0) is 64.5 Å². The Morgan fingerprint density at radius 1 is 1.22 bits per heavy atom. The molecule has 5 nitrogen and oxygen atoms in total. The first-order valence-electron chi connectivity index (χ1n) is 8.96. The van der Waals surface area contributed by atoms with E-state index in [1.165, 1.54) is 23.4 Å². The summed E-state index contributed by atoms with van der Waals surface area (Å²) < 4.78 is 71.7. The van der Waals surface area contributed by atoms with E-state index in [4.69, 9.17) is 4.74 Å². The molecule has 1 saturated heterocycles. The van der Waals surface area contributed by atoms with E-state index in [1.54, 1.807) is 0 Å². The molecule has 0 aliphatic carbocycles. The van der Waals surface area contributed by atoms with Crippen LogP contribution < -0.4 is 0 Å². The van der Waals surface area contributed by atoms with Gasteiger partial charge in [0.25, 0.3) is 0 Å². The van der Waals surface area contributed by atoms with Gasteiger partial charge in [0.1, 0.15) is 0 Å². The first-order chi connectivity index (χ1) is 12.5. The number of ether oxygens (including phenoxy) is 1. The fourth-order valence-electron chi connectivity index (χ4n) is 3.09. The first kappa shape index (κ1) is 22.1. The summed E-state index contributed by atoms with van der Waals surface area (Å²) in [6.45, 7) is 3.34. The van der Waals surface area contributed by atoms with Crippen LogP contribution in [0.2, 0.25) is 0 Å². The quantitative estimate of drug-likeness (QED) is 0.651. The summed E-state index contributed by atoms with van der Waals surface area (Å²) in [5, 5.41) is 0. The van der Waals surface area contributed by atoms with Crippen LogP contribution in [-0.2, 0) is 20.9 Å². The van der Waals surface area contributed by atoms with E-state index in [2.05, 4.69) is 4.90 Å². The molecule has 0 aromatic heterocycles. The minimum absolute atomic E-state index is 0.00582. The number of hydrogen-bond donors (Lipinski definition) is 0. The summed E-state index contributed by atoms with van der Waals surface area (Å²) in [6.07, 6.45) is -2.61. The van der Waals surface area contributed by atoms with E-state index in [9.17, 15) is 21.6 Å². The first-order valence-corrected chi connectivity index (χ1v) is 10.4. The molecule has 0 bridgehead atoms. The standard InChI is InChI=1S/C18H27F3N2O3S/c1-14-5-6-16(13-17(14)18(19,20)21)27(24,25)23-10-7-15(8-11-23)26-12-4-9-22(2)3/h5-6,13,15H,4,7-12H2,1-3H3. The third-order valence-corrected chi connectivity index (χ3v) is 6.55. The van der Waals surface area contributed by atoms with Crippen molar-refractivity contribution in [3.8, 4) is 0 Å². The third-order valence-electron chi connectivity index (χ3n) is 4.66. The van der Waals surface area contributed by atoms with Crippen LogP contribution >= 0.6 is 0 Å². The Morgan fingerprint density at radius 2 is 1.85 bits per heavy atom. The molecule has 0 spiro atoms. The zero-order chi connectivity index (χ0) is 20.2. The maximum absolute atomic E-state index is 13.1. The van der Waals surface area contributed by atoms with E-state index in [1.807, 2.05) is 14.1 Å². The van der Waals surface area contributed by atoms with Crippen LogP contribution in [0.5, 0.6) is 0 Å². The maximum atomic E-state index is 13.1. The van der Waals surface area contributed by atoms with Crippen molar-refractivity contribution in [2.75, 3.05) is 40.3 Å². The van der Waals surface area contributed by atoms with Crippen molar-refractivity contribution >= 4 is 10.0 Å². The highest BCUT2D eigenvalue weighted by atomic mass is 32.2. The number of halogens is 3. The lowest BCUT2D eigenvalue weighted by atomic mass is 10.1. The van der Waals surface area contributed by atoms with Crippen LogP contribution in [0.4, 0.5) is 13.2 Å². The molecule has 0 saturated carbocycles. The Labute approximate surface area is 159 Å². The molecule has 0 atom stereocenters. The van der Waals surface area contributed by atoms with Gasteiger partial charge in [-0.2, -0.15) is 17.5 Å². The Bertz CT molecular complexity index is 728. The molecule has 154 valence electrons. The van der Waals surface area contributed by atoms with E-state index in [0.29, 0.717) is 19.4 Å². The molecule has 9 heteroatoms. The van der Waals surface area contributed by atoms with Crippen molar-refractivity contribution in [3.63, 3.8) is 0 Å². The van der Waals surface area contributed by atoms with Crippen molar-refractivity contribution in [2.24, 2.45) is 0 Å². The van der Waals surface area contributed by atoms with Crippen LogP contribution in [0.1, 0.15) is 30.4 Å². The van der Waals surface area contributed by atoms with Crippen molar-refractivity contribution < 1.29 is 26.3 Å². The normalized spacial score (nSPS) is 17.6. The topological polar surface area (TPSA) is 49.9 Å². The number of sulfonamides is 1. The SMILES string of the molecule is Cc1ccc(S(=O)(=O)N2CCC(OCCCN(C)C)CC2)cc1C(F)(F)F. The molecule has 1 aromatic rings. The molecule has 27 heavy (non-hydrogen) atoms. The summed E-state index contributed by atoms with van der Waals surface area (Å²) in [4.78, 5) is 1.75. The van der Waals surface area contributed by atoms with E-state index in [-0.39, 0.29) is 29.7 Å². The van der Waals surface area contributed by atoms with E-state index >= 15 is 0 Å². The molecule has 2 rings (SSSR count). The Hall–Kier alpha value is -1.16. The van der Waals surface area contributed by atoms with E-state index < -0.39 is 21.8 Å². The van der Waals surface area contributed by atoms with Gasteiger partial charge in [-0.1, -0.05) is 6.07 Å². The van der Waals surface area contributed by atoms with Crippen molar-refractivity contribution in [1.29, 1.82) is 0 Å². The fraction of sp³-hybridized carbons (Fsp3) is 0.667. The van der Waals surface area contributed by atoms with Crippen LogP contribution in [0.25, 0.3) is 0 Å². The number of benzene rings is 1. The minimum Gasteiger partial charge on any atom is -0.378 e. The molecule has 1 fully saturated rings. The minimum atomic E-state index is -4.58. The van der Waals surface area contributed by atoms with Gasteiger partial charge in [0.2, 0.25) is 10.0 Å². The lowest BCUT2D eigenvalue weighted by Crippen LogP contribution is -2.41. The Balaban J connectivity index is 1.99. The molecular formula is C18H27F3N2O3S. The second-order valence-corrected chi connectivity index (χ2v) is 9.04. The molecule has 1 aliphatic rings. The monoisotopic (exact) mass is 408 g/mol. The zero-order valence-corrected chi connectivity index (χ0v) is 16.7. The highest BCUT2D eigenvalue weighted by Gasteiger charge is 2.35. The van der Waals surface area contributed by atoms with Crippen LogP contribution in [0.3, 0.4) is 0 Å². The number of rotatable bonds is 7. The Morgan fingerprint density at radius 3 is 2.41 bits per heavy atom. The number of piperidine rings is 1. The highest BCUT2D eigenvalue weighted by Crippen LogP contribution is 2.34. The molecule has 1 aromatic carbocycles. The Kier molecular flexibility index (Phi) is 7.29. The van der Waals surface area contributed by atoms with Crippen molar-refractivity contribution in [2.45, 2.75) is 43.4 Å². The molecule has 0 amide bonds. The number of alkyl halides is 3. The summed E-state index contributed by atoms with van der Waals surface area (Å²) in [5.41, 5.74) is -0.908.